The fraction of sp³-hybridized carbons (Fsp3) is 0.663. The van der Waals surface area contributed by atoms with Crippen molar-refractivity contribution in [3.8, 4) is 0 Å². The molecule has 42 nitrogen and oxygen atoms in total. The van der Waals surface area contributed by atoms with Gasteiger partial charge in [-0.15, -0.1) is 0 Å². The van der Waals surface area contributed by atoms with Crippen molar-refractivity contribution in [2.45, 2.75) is 238 Å². The lowest BCUT2D eigenvalue weighted by Crippen LogP contribution is -2.44. The minimum Gasteiger partial charge on any atom is -0.420 e. The summed E-state index contributed by atoms with van der Waals surface area (Å²) in [5, 5.41) is 0. The van der Waals surface area contributed by atoms with Crippen molar-refractivity contribution in [2.75, 3.05) is 126 Å². The summed E-state index contributed by atoms with van der Waals surface area (Å²) in [7, 11) is 6.40. The van der Waals surface area contributed by atoms with E-state index in [0.717, 1.165) is 68.7 Å². The van der Waals surface area contributed by atoms with Gasteiger partial charge in [0.25, 0.3) is 0 Å². The largest absolute Gasteiger partial charge is 0.529 e. The Kier molecular flexibility index (Phi) is 67.5. The molecule has 822 valence electrons. The standard InChI is InChI=1S/2C13H22O6Si.C13H22O5Si.C13H22O4Si.C11H18O6Si.C11H18O5Si.C11H18O4Si.C10H16O6Si/c1-16-20(17-2,18-3)9-7-5-4-6-8-11-10-12(14)19-13(11)15;1-4-16-20(17-5-2,18-6-3)9-7-8-11-10-12(14)19-13(11)15;1-16-19(3,17-2)9-7-5-4-6-8-11-10-12(14)18-13(11)15;1-16-18(2,3)9-7-5-4-6-8-11-10-12(14)17-13(11)15;1-14-18(15-2,16-3)7-5-4-6-9-8-10(12)17-11(9)13;1-14-17(3,15-2)7-5-4-6-9-8-10(12)16-11(9)13;1-14-16(2,3)7-5-4-6-9-8-10(12)15-11(9)13;1-13-17(14-2,15-3)6-4-5-8-7-9(11)16-10(8)12/h4,6,11H,5,7-10H2,1-3H3;7,9,11H,4-6,8,10H2,1-3H3;4,6,11H,5,7-10H2,1-3H3;4,6,11H,5,7-10H2,1-3H3;4-5,9H,6-8H2,1-3H3;4-5,9H,6-8H2,1-3H3;4-5,9H,6-8H2,1-3H3;4,6,8H,5,7H2,1-3H3/b6-4+;9-7+;2*6-4+;3*5-4+;6-4+. The minimum absolute atomic E-state index is 0.130. The zero-order chi connectivity index (χ0) is 109. The summed E-state index contributed by atoms with van der Waals surface area (Å²) in [6, 6.07) is 4.97. The topological polar surface area (TPSA) is 513 Å². The molecule has 8 unspecified atom stereocenters. The second kappa shape index (κ2) is 72.5. The lowest BCUT2D eigenvalue weighted by atomic mass is 10.0. The van der Waals surface area contributed by atoms with Gasteiger partial charge in [0.15, 0.2) is 16.6 Å². The highest BCUT2D eigenvalue weighted by atomic mass is 28.4. The molecule has 0 radical (unpaired) electrons. The average Bonchev–Trinajstić information content (AvgIpc) is 1.78. The molecule has 8 atom stereocenters. The molecule has 8 aliphatic heterocycles. The summed E-state index contributed by atoms with van der Waals surface area (Å²) in [4.78, 5) is 177. The molecule has 0 aliphatic carbocycles. The highest BCUT2D eigenvalue weighted by Gasteiger charge is 2.44. The van der Waals surface area contributed by atoms with E-state index in [2.05, 4.69) is 70.2 Å². The van der Waals surface area contributed by atoms with E-state index >= 15 is 0 Å². The number of carbonyl (C=O) groups excluding carboxylic acids is 16. The Hall–Kier alpha value is -7.94. The first-order chi connectivity index (χ1) is 68.7. The van der Waals surface area contributed by atoms with Crippen molar-refractivity contribution in [3.05, 3.63) is 96.5 Å². The predicted octanol–water partition coefficient (Wildman–Crippen LogP) is 12.7. The molecule has 0 spiro atoms. The fourth-order valence-electron chi connectivity index (χ4n) is 13.9. The maximum atomic E-state index is 11.4. The number of hydrogen-bond acceptors (Lipinski definition) is 42. The molecule has 145 heavy (non-hydrogen) atoms. The Morgan fingerprint density at radius 3 is 0.683 bits per heavy atom. The zero-order valence-corrected chi connectivity index (χ0v) is 96.9. The van der Waals surface area contributed by atoms with E-state index in [9.17, 15) is 76.7 Å². The van der Waals surface area contributed by atoms with Gasteiger partial charge < -0.3 is 118 Å². The second-order valence-electron chi connectivity index (χ2n) is 35.1. The number of rotatable bonds is 57. The van der Waals surface area contributed by atoms with Gasteiger partial charge >= 0.3 is 148 Å². The van der Waals surface area contributed by atoms with Crippen LogP contribution in [0.25, 0.3) is 0 Å². The average molecular weight is 2200 g/mol. The monoisotopic (exact) mass is 2190 g/mol. The van der Waals surface area contributed by atoms with E-state index < -0.39 is 170 Å². The van der Waals surface area contributed by atoms with Gasteiger partial charge in [-0.25, -0.2) is 0 Å². The van der Waals surface area contributed by atoms with E-state index in [0.29, 0.717) is 77.2 Å². The third kappa shape index (κ3) is 53.9. The van der Waals surface area contributed by atoms with E-state index in [-0.39, 0.29) is 92.8 Å². The molecule has 8 heterocycles. The maximum Gasteiger partial charge on any atom is 0.529 e. The molecule has 0 N–H and O–H groups in total. The van der Waals surface area contributed by atoms with Gasteiger partial charge in [0.2, 0.25) is 0 Å². The highest BCUT2D eigenvalue weighted by molar-refractivity contribution is 6.72. The third-order valence-corrected chi connectivity index (χ3v) is 44.9. The SMILES string of the molecule is CCO[Si](/C=C/CC1CC(=O)OC1=O)(OCC)OCC.CO[Si](/C=C/CC1CC(=O)OC1=O)(OC)OC.CO[Si](C)(C)C/C=C/CC1CC(=O)OC1=O.CO[Si](C)(C)CCC/C=C/CC1CC(=O)OC1=O.CO[Si](C)(C/C=C/CC1CC(=O)OC1=O)OC.CO[Si](C)(CCC/C=C/CC1CC(=O)OC1=O)OC.CO[Si](C/C=C/CC1CC(=O)OC1=O)(OC)OC.CO[Si](CCC/C=C/CC1CC(=O)OC1=O)(OC)OC. The molecule has 0 aromatic heterocycles. The number of cyclic esters (lactones) is 16. The lowest BCUT2D eigenvalue weighted by Gasteiger charge is -2.25. The first kappa shape index (κ1) is 135. The van der Waals surface area contributed by atoms with Crippen molar-refractivity contribution < 1.29 is 194 Å². The van der Waals surface area contributed by atoms with Crippen LogP contribution < -0.4 is 0 Å². The molecule has 8 rings (SSSR count). The van der Waals surface area contributed by atoms with Crippen molar-refractivity contribution in [1.82, 2.24) is 0 Å². The molecule has 0 bridgehead atoms. The summed E-state index contributed by atoms with van der Waals surface area (Å²) in [5.74, 6) is -9.48. The number of allylic oxidation sites excluding steroid dienone is 14. The molecule has 0 amide bonds. The summed E-state index contributed by atoms with van der Waals surface area (Å²) in [5.41, 5.74) is 3.46. The normalized spacial score (nSPS) is 20.7. The first-order valence-electron chi connectivity index (χ1n) is 48.1. The van der Waals surface area contributed by atoms with Crippen LogP contribution in [-0.2, 0) is 194 Å². The maximum absolute atomic E-state index is 11.4. The van der Waals surface area contributed by atoms with Gasteiger partial charge in [0.1, 0.15) is 0 Å². The molecule has 8 saturated heterocycles. The summed E-state index contributed by atoms with van der Waals surface area (Å²) >= 11 is 0. The van der Waals surface area contributed by atoms with Crippen LogP contribution in [0.2, 0.25) is 75.5 Å². The van der Waals surface area contributed by atoms with Crippen LogP contribution in [0.3, 0.4) is 0 Å². The summed E-state index contributed by atoms with van der Waals surface area (Å²) in [6.07, 6.45) is 38.3. The number of carbonyl (C=O) groups is 16. The smallest absolute Gasteiger partial charge is 0.420 e. The van der Waals surface area contributed by atoms with Crippen LogP contribution in [0, 0.1) is 47.3 Å². The summed E-state index contributed by atoms with van der Waals surface area (Å²) < 4.78 is 132. The minimum atomic E-state index is -2.82. The zero-order valence-electron chi connectivity index (χ0n) is 88.9. The van der Waals surface area contributed by atoms with Gasteiger partial charge in [-0.05, 0) is 173 Å². The number of unbranched alkanes of at least 4 members (excludes halogenated alkanes) is 3. The fourth-order valence-corrected chi connectivity index (χ4v) is 25.3. The van der Waals surface area contributed by atoms with Crippen LogP contribution in [0.4, 0.5) is 0 Å². The molecule has 0 saturated carbocycles. The number of ether oxygens (including phenoxy) is 8. The van der Waals surface area contributed by atoms with Crippen LogP contribution >= 0.6 is 0 Å². The Morgan fingerprint density at radius 1 is 0.228 bits per heavy atom. The Morgan fingerprint density at radius 2 is 0.455 bits per heavy atom. The first-order valence-corrected chi connectivity index (χ1v) is 66.8. The molecular weight excluding hydrogens is 2040 g/mol. The molecule has 8 fully saturated rings. The second-order valence-corrected chi connectivity index (χ2v) is 62.2. The molecule has 8 aliphatic rings. The van der Waals surface area contributed by atoms with Gasteiger partial charge in [-0.3, -0.25) is 76.7 Å². The third-order valence-electron chi connectivity index (χ3n) is 23.8. The number of esters is 16. The molecular formula is C95H158O42Si8. The molecule has 0 aromatic rings. The van der Waals surface area contributed by atoms with Crippen LogP contribution in [0.15, 0.2) is 96.5 Å². The Labute approximate surface area is 861 Å². The van der Waals surface area contributed by atoms with Crippen LogP contribution in [0.1, 0.15) is 162 Å². The van der Waals surface area contributed by atoms with Crippen LogP contribution in [0.5, 0.6) is 0 Å². The van der Waals surface area contributed by atoms with Gasteiger partial charge in [-0.1, -0.05) is 91.5 Å². The lowest BCUT2D eigenvalue weighted by molar-refractivity contribution is -0.154. The van der Waals surface area contributed by atoms with Crippen LogP contribution in [-0.4, -0.2) is 291 Å². The van der Waals surface area contributed by atoms with Crippen molar-refractivity contribution in [1.29, 1.82) is 0 Å². The van der Waals surface area contributed by atoms with E-state index in [4.69, 9.17) is 79.7 Å². The van der Waals surface area contributed by atoms with Gasteiger partial charge in [0, 0.05) is 145 Å². The summed E-state index contributed by atoms with van der Waals surface area (Å²) in [6.45, 7) is 19.8. The number of hydrogen-bond donors (Lipinski definition) is 0. The van der Waals surface area contributed by atoms with Crippen molar-refractivity contribution in [2.24, 2.45) is 47.3 Å². The van der Waals surface area contributed by atoms with Crippen molar-refractivity contribution in [3.63, 3.8) is 0 Å². The van der Waals surface area contributed by atoms with Gasteiger partial charge in [-0.2, -0.15) is 0 Å². The Bertz CT molecular complexity index is 4260. The van der Waals surface area contributed by atoms with Gasteiger partial charge in [0.05, 0.1) is 98.7 Å². The highest BCUT2D eigenvalue weighted by Crippen LogP contribution is 2.30. The van der Waals surface area contributed by atoms with E-state index in [1.165, 1.54) is 21.3 Å². The quantitative estimate of drug-likeness (QED) is 0.0136. The van der Waals surface area contributed by atoms with E-state index in [1.807, 2.05) is 101 Å². The Balaban J connectivity index is 0.000000829. The predicted molar refractivity (Wildman–Crippen MR) is 541 cm³/mol. The molecule has 0 aromatic carbocycles. The van der Waals surface area contributed by atoms with E-state index in [1.54, 1.807) is 109 Å². The molecule has 50 heteroatoms. The van der Waals surface area contributed by atoms with Crippen molar-refractivity contribution >= 4 is 164 Å².